The maximum Gasteiger partial charge on any atom is 0.331 e. The van der Waals surface area contributed by atoms with E-state index in [0.717, 1.165) is 6.07 Å². The summed E-state index contributed by atoms with van der Waals surface area (Å²) >= 11 is 5.64. The minimum Gasteiger partial charge on any atom is -0.478 e. The van der Waals surface area contributed by atoms with E-state index in [-0.39, 0.29) is 27.5 Å². The topological polar surface area (TPSA) is 110 Å². The second-order valence-electron chi connectivity index (χ2n) is 3.93. The highest BCUT2D eigenvalue weighted by Gasteiger charge is 2.16. The molecule has 0 aliphatic rings. The number of benzene rings is 1. The molecule has 20 heavy (non-hydrogen) atoms. The summed E-state index contributed by atoms with van der Waals surface area (Å²) in [5.74, 6) is -1.86. The minimum atomic E-state index is -1.21. The summed E-state index contributed by atoms with van der Waals surface area (Å²) in [5.41, 5.74) is -0.286. The van der Waals surface area contributed by atoms with E-state index in [2.05, 4.69) is 5.32 Å². The number of rotatable bonds is 4. The third kappa shape index (κ3) is 3.55. The largest absolute Gasteiger partial charge is 0.478 e. The number of carbonyl (C=O) groups excluding carboxylic acids is 1. The number of nitro benzene ring substituents is 1. The number of aliphatic carboxylic acids is 1. The van der Waals surface area contributed by atoms with Crippen LogP contribution >= 0.6 is 11.6 Å². The van der Waals surface area contributed by atoms with Gasteiger partial charge in [0.1, 0.15) is 5.02 Å². The fourth-order valence-electron chi connectivity index (χ4n) is 1.29. The molecule has 2 N–H and O–H groups in total. The van der Waals surface area contributed by atoms with Gasteiger partial charge in [-0.2, -0.15) is 0 Å². The van der Waals surface area contributed by atoms with Gasteiger partial charge in [-0.15, -0.1) is 0 Å². The number of carboxylic acid groups (broad SMARTS) is 1. The van der Waals surface area contributed by atoms with Gasteiger partial charge in [0.05, 0.1) is 4.92 Å². The van der Waals surface area contributed by atoms with Crippen molar-refractivity contribution in [2.24, 2.45) is 0 Å². The molecule has 1 rings (SSSR count). The van der Waals surface area contributed by atoms with Crippen LogP contribution in [-0.2, 0) is 9.59 Å². The van der Waals surface area contributed by atoms with Crippen molar-refractivity contribution in [3.05, 3.63) is 44.5 Å². The minimum absolute atomic E-state index is 0.00935. The SMILES string of the molecule is C/C(C(=O)O)=C(\C)C(=O)Nc1ccc(Cl)c([N+](=O)[O-])c1. The second-order valence-corrected chi connectivity index (χ2v) is 4.34. The van der Waals surface area contributed by atoms with Crippen molar-refractivity contribution < 1.29 is 19.6 Å². The Kier molecular flexibility index (Phi) is 4.82. The summed E-state index contributed by atoms with van der Waals surface area (Å²) in [6.07, 6.45) is 0. The molecule has 0 spiro atoms. The summed E-state index contributed by atoms with van der Waals surface area (Å²) in [6.45, 7) is 2.64. The quantitative estimate of drug-likeness (QED) is 0.504. The van der Waals surface area contributed by atoms with Crippen LogP contribution in [-0.4, -0.2) is 21.9 Å². The molecule has 7 nitrogen and oxygen atoms in total. The molecule has 0 heterocycles. The molecule has 1 aromatic carbocycles. The van der Waals surface area contributed by atoms with Crippen LogP contribution < -0.4 is 5.32 Å². The van der Waals surface area contributed by atoms with Crippen LogP contribution in [0.1, 0.15) is 13.8 Å². The van der Waals surface area contributed by atoms with Gasteiger partial charge in [0.15, 0.2) is 0 Å². The predicted octanol–water partition coefficient (Wildman–Crippen LogP) is 2.61. The third-order valence-electron chi connectivity index (χ3n) is 2.62. The number of nitro groups is 1. The maximum atomic E-state index is 11.8. The zero-order valence-electron chi connectivity index (χ0n) is 10.6. The molecule has 0 saturated carbocycles. The zero-order chi connectivity index (χ0) is 15.4. The molecular formula is C12H11ClN2O5. The molecule has 0 atom stereocenters. The van der Waals surface area contributed by atoms with Gasteiger partial charge in [-0.1, -0.05) is 11.6 Å². The molecule has 0 saturated heterocycles. The molecule has 0 aromatic heterocycles. The average molecular weight is 299 g/mol. The van der Waals surface area contributed by atoms with E-state index in [1.54, 1.807) is 0 Å². The number of anilines is 1. The Hall–Kier alpha value is -2.41. The van der Waals surface area contributed by atoms with Crippen molar-refractivity contribution in [1.29, 1.82) is 0 Å². The number of carbonyl (C=O) groups is 2. The van der Waals surface area contributed by atoms with E-state index < -0.39 is 16.8 Å². The number of nitrogens with one attached hydrogen (secondary N) is 1. The highest BCUT2D eigenvalue weighted by molar-refractivity contribution is 6.32. The molecular weight excluding hydrogens is 288 g/mol. The lowest BCUT2D eigenvalue weighted by Gasteiger charge is -2.07. The average Bonchev–Trinajstić information content (AvgIpc) is 2.38. The number of amides is 1. The lowest BCUT2D eigenvalue weighted by Crippen LogP contribution is -2.16. The predicted molar refractivity (Wildman–Crippen MR) is 72.7 cm³/mol. The first kappa shape index (κ1) is 15.6. The van der Waals surface area contributed by atoms with Crippen molar-refractivity contribution >= 4 is 34.9 Å². The Labute approximate surface area is 119 Å². The Bertz CT molecular complexity index is 624. The molecule has 106 valence electrons. The standard InChI is InChI=1S/C12H11ClN2O5/c1-6(7(2)12(17)18)11(16)14-8-3-4-9(13)10(5-8)15(19)20/h3-5H,1-2H3,(H,14,16)(H,17,18)/b7-6-. The second kappa shape index (κ2) is 6.16. The molecule has 0 fully saturated rings. The van der Waals surface area contributed by atoms with E-state index in [1.165, 1.54) is 26.0 Å². The number of hydrogen-bond acceptors (Lipinski definition) is 4. The molecule has 8 heteroatoms. The van der Waals surface area contributed by atoms with Crippen LogP contribution in [0.25, 0.3) is 0 Å². The summed E-state index contributed by atoms with van der Waals surface area (Å²) in [4.78, 5) is 32.6. The van der Waals surface area contributed by atoms with Gasteiger partial charge in [0.2, 0.25) is 0 Å². The molecule has 0 bridgehead atoms. The molecule has 0 aliphatic carbocycles. The van der Waals surface area contributed by atoms with E-state index in [9.17, 15) is 19.7 Å². The van der Waals surface area contributed by atoms with Crippen LogP contribution in [0.4, 0.5) is 11.4 Å². The van der Waals surface area contributed by atoms with Crippen LogP contribution in [0.5, 0.6) is 0 Å². The summed E-state index contributed by atoms with van der Waals surface area (Å²) in [6, 6.07) is 3.76. The normalized spacial score (nSPS) is 11.6. The highest BCUT2D eigenvalue weighted by Crippen LogP contribution is 2.27. The Morgan fingerprint density at radius 2 is 1.90 bits per heavy atom. The molecule has 1 aromatic rings. The third-order valence-corrected chi connectivity index (χ3v) is 2.94. The fourth-order valence-corrected chi connectivity index (χ4v) is 1.47. The molecule has 0 aliphatic heterocycles. The zero-order valence-corrected chi connectivity index (χ0v) is 11.4. The van der Waals surface area contributed by atoms with E-state index >= 15 is 0 Å². The monoisotopic (exact) mass is 298 g/mol. The van der Waals surface area contributed by atoms with Crippen molar-refractivity contribution in [3.63, 3.8) is 0 Å². The number of halogens is 1. The fraction of sp³-hybridized carbons (Fsp3) is 0.167. The maximum absolute atomic E-state index is 11.8. The van der Waals surface area contributed by atoms with Crippen LogP contribution in [0.15, 0.2) is 29.3 Å². The number of hydrogen-bond donors (Lipinski definition) is 2. The van der Waals surface area contributed by atoms with Crippen molar-refractivity contribution in [2.75, 3.05) is 5.32 Å². The summed E-state index contributed by atoms with van der Waals surface area (Å²) in [7, 11) is 0. The molecule has 0 radical (unpaired) electrons. The van der Waals surface area contributed by atoms with E-state index in [0.29, 0.717) is 0 Å². The highest BCUT2D eigenvalue weighted by atomic mass is 35.5. The molecule has 1 amide bonds. The first-order valence-corrected chi connectivity index (χ1v) is 5.78. The lowest BCUT2D eigenvalue weighted by molar-refractivity contribution is -0.384. The number of nitrogens with zero attached hydrogens (tertiary/aromatic N) is 1. The van der Waals surface area contributed by atoms with Crippen molar-refractivity contribution in [1.82, 2.24) is 0 Å². The first-order valence-electron chi connectivity index (χ1n) is 5.40. The number of carboxylic acids is 1. The summed E-state index contributed by atoms with van der Waals surface area (Å²) < 4.78 is 0. The Morgan fingerprint density at radius 1 is 1.30 bits per heavy atom. The van der Waals surface area contributed by atoms with E-state index in [1.807, 2.05) is 0 Å². The lowest BCUT2D eigenvalue weighted by atomic mass is 10.1. The van der Waals surface area contributed by atoms with Crippen LogP contribution in [0.3, 0.4) is 0 Å². The molecule has 0 unspecified atom stereocenters. The smallest absolute Gasteiger partial charge is 0.331 e. The van der Waals surface area contributed by atoms with Crippen LogP contribution in [0.2, 0.25) is 5.02 Å². The van der Waals surface area contributed by atoms with Gasteiger partial charge in [-0.3, -0.25) is 14.9 Å². The van der Waals surface area contributed by atoms with Gasteiger partial charge in [-0.05, 0) is 26.0 Å². The van der Waals surface area contributed by atoms with E-state index in [4.69, 9.17) is 16.7 Å². The van der Waals surface area contributed by atoms with Gasteiger partial charge in [-0.25, -0.2) is 4.79 Å². The Balaban J connectivity index is 3.03. The van der Waals surface area contributed by atoms with Gasteiger partial charge in [0.25, 0.3) is 11.6 Å². The Morgan fingerprint density at radius 3 is 2.40 bits per heavy atom. The van der Waals surface area contributed by atoms with Gasteiger partial charge < -0.3 is 10.4 Å². The van der Waals surface area contributed by atoms with Crippen molar-refractivity contribution in [3.8, 4) is 0 Å². The van der Waals surface area contributed by atoms with Crippen LogP contribution in [0, 0.1) is 10.1 Å². The summed E-state index contributed by atoms with van der Waals surface area (Å²) in [5, 5.41) is 21.8. The van der Waals surface area contributed by atoms with Gasteiger partial charge >= 0.3 is 5.97 Å². The van der Waals surface area contributed by atoms with Crippen molar-refractivity contribution in [2.45, 2.75) is 13.8 Å². The van der Waals surface area contributed by atoms with Gasteiger partial charge in [0, 0.05) is 22.9 Å². The first-order chi connectivity index (χ1) is 9.23.